The first-order valence-corrected chi connectivity index (χ1v) is 6.45. The van der Waals surface area contributed by atoms with Gasteiger partial charge in [0.25, 0.3) is 0 Å². The lowest BCUT2D eigenvalue weighted by Crippen LogP contribution is -2.30. The van der Waals surface area contributed by atoms with Gasteiger partial charge in [-0.15, -0.1) is 0 Å². The summed E-state index contributed by atoms with van der Waals surface area (Å²) in [5.74, 6) is 0. The Morgan fingerprint density at radius 1 is 1.12 bits per heavy atom. The van der Waals surface area contributed by atoms with Crippen LogP contribution >= 0.6 is 0 Å². The Balaban J connectivity index is 1.94. The van der Waals surface area contributed by atoms with Gasteiger partial charge in [0, 0.05) is 20.2 Å². The maximum Gasteiger partial charge on any atom is 0.0594 e. The molecule has 3 heteroatoms. The second-order valence-electron chi connectivity index (χ2n) is 5.48. The fourth-order valence-electron chi connectivity index (χ4n) is 2.14. The molecule has 1 aliphatic carbocycles. The van der Waals surface area contributed by atoms with E-state index in [0.717, 1.165) is 26.3 Å². The summed E-state index contributed by atoms with van der Waals surface area (Å²) in [6, 6.07) is 0. The van der Waals surface area contributed by atoms with Crippen molar-refractivity contribution in [3.8, 4) is 0 Å². The van der Waals surface area contributed by atoms with Crippen molar-refractivity contribution >= 4 is 0 Å². The quantitative estimate of drug-likeness (QED) is 0.679. The van der Waals surface area contributed by atoms with Gasteiger partial charge >= 0.3 is 0 Å². The highest BCUT2D eigenvalue weighted by atomic mass is 16.5. The lowest BCUT2D eigenvalue weighted by molar-refractivity contribution is 0.00572. The van der Waals surface area contributed by atoms with Crippen LogP contribution in [0.1, 0.15) is 39.5 Å². The number of rotatable bonds is 7. The fraction of sp³-hybridized carbons (Fsp3) is 1.00. The lowest BCUT2D eigenvalue weighted by Gasteiger charge is -2.34. The van der Waals surface area contributed by atoms with Gasteiger partial charge in [-0.3, -0.25) is 0 Å². The number of methoxy groups -OCH3 is 1. The predicted molar refractivity (Wildman–Crippen MR) is 66.7 cm³/mol. The molecule has 1 saturated carbocycles. The molecule has 1 N–H and O–H groups in total. The third kappa shape index (κ3) is 5.83. The standard InChI is InChI=1S/C13H27NO2/c1-13(2)6-4-12(5-7-13)16-11-9-14-8-10-15-3/h12,14H,4-11H2,1-3H3. The summed E-state index contributed by atoms with van der Waals surface area (Å²) in [4.78, 5) is 0. The average Bonchev–Trinajstić information content (AvgIpc) is 2.25. The average molecular weight is 229 g/mol. The molecule has 0 aliphatic heterocycles. The first-order chi connectivity index (χ1) is 7.64. The summed E-state index contributed by atoms with van der Waals surface area (Å²) >= 11 is 0. The molecule has 1 fully saturated rings. The molecule has 0 unspecified atom stereocenters. The summed E-state index contributed by atoms with van der Waals surface area (Å²) in [6.45, 7) is 8.16. The Morgan fingerprint density at radius 2 is 1.75 bits per heavy atom. The minimum absolute atomic E-state index is 0.497. The topological polar surface area (TPSA) is 30.5 Å². The molecule has 0 aromatic carbocycles. The van der Waals surface area contributed by atoms with Crippen molar-refractivity contribution in [2.45, 2.75) is 45.6 Å². The van der Waals surface area contributed by atoms with E-state index in [4.69, 9.17) is 9.47 Å². The summed E-state index contributed by atoms with van der Waals surface area (Å²) in [5.41, 5.74) is 0.538. The zero-order valence-corrected chi connectivity index (χ0v) is 11.1. The van der Waals surface area contributed by atoms with Gasteiger partial charge < -0.3 is 14.8 Å². The summed E-state index contributed by atoms with van der Waals surface area (Å²) in [6.07, 6.45) is 5.55. The SMILES string of the molecule is COCCNCCOC1CCC(C)(C)CC1. The zero-order valence-electron chi connectivity index (χ0n) is 11.1. The molecule has 0 aromatic rings. The smallest absolute Gasteiger partial charge is 0.0594 e. The van der Waals surface area contributed by atoms with Crippen LogP contribution in [0.5, 0.6) is 0 Å². The van der Waals surface area contributed by atoms with Crippen LogP contribution in [0.4, 0.5) is 0 Å². The van der Waals surface area contributed by atoms with Crippen molar-refractivity contribution in [2.75, 3.05) is 33.4 Å². The number of ether oxygens (including phenoxy) is 2. The van der Waals surface area contributed by atoms with Crippen LogP contribution in [0.25, 0.3) is 0 Å². The van der Waals surface area contributed by atoms with E-state index in [2.05, 4.69) is 19.2 Å². The number of hydrogen-bond donors (Lipinski definition) is 1. The highest BCUT2D eigenvalue weighted by Crippen LogP contribution is 2.35. The number of nitrogens with one attached hydrogen (secondary N) is 1. The minimum Gasteiger partial charge on any atom is -0.383 e. The molecular formula is C13H27NO2. The first kappa shape index (κ1) is 13.9. The second-order valence-corrected chi connectivity index (χ2v) is 5.48. The van der Waals surface area contributed by atoms with Crippen LogP contribution in [-0.4, -0.2) is 39.5 Å². The van der Waals surface area contributed by atoms with Crippen LogP contribution in [0.2, 0.25) is 0 Å². The Morgan fingerprint density at radius 3 is 2.38 bits per heavy atom. The van der Waals surface area contributed by atoms with E-state index in [0.29, 0.717) is 11.5 Å². The van der Waals surface area contributed by atoms with Gasteiger partial charge in [-0.25, -0.2) is 0 Å². The van der Waals surface area contributed by atoms with Gasteiger partial charge in [0.15, 0.2) is 0 Å². The molecule has 3 nitrogen and oxygen atoms in total. The molecule has 16 heavy (non-hydrogen) atoms. The van der Waals surface area contributed by atoms with Gasteiger partial charge in [0.2, 0.25) is 0 Å². The van der Waals surface area contributed by atoms with E-state index in [1.54, 1.807) is 7.11 Å². The monoisotopic (exact) mass is 229 g/mol. The highest BCUT2D eigenvalue weighted by Gasteiger charge is 2.26. The normalized spacial score (nSPS) is 21.2. The molecule has 1 aliphatic rings. The Hall–Kier alpha value is -0.120. The van der Waals surface area contributed by atoms with Crippen molar-refractivity contribution in [2.24, 2.45) is 5.41 Å². The zero-order chi connectivity index (χ0) is 11.9. The molecule has 0 atom stereocenters. The van der Waals surface area contributed by atoms with E-state index in [-0.39, 0.29) is 0 Å². The summed E-state index contributed by atoms with van der Waals surface area (Å²) < 4.78 is 10.8. The van der Waals surface area contributed by atoms with Crippen LogP contribution in [0.3, 0.4) is 0 Å². The Kier molecular flexibility index (Phi) is 6.32. The highest BCUT2D eigenvalue weighted by molar-refractivity contribution is 4.78. The van der Waals surface area contributed by atoms with Crippen molar-refractivity contribution in [3.05, 3.63) is 0 Å². The van der Waals surface area contributed by atoms with E-state index in [9.17, 15) is 0 Å². The van der Waals surface area contributed by atoms with Crippen molar-refractivity contribution in [1.82, 2.24) is 5.32 Å². The lowest BCUT2D eigenvalue weighted by atomic mass is 9.76. The Labute approximate surface area is 99.9 Å². The van der Waals surface area contributed by atoms with Crippen LogP contribution < -0.4 is 5.32 Å². The fourth-order valence-corrected chi connectivity index (χ4v) is 2.14. The third-order valence-corrected chi connectivity index (χ3v) is 3.40. The van der Waals surface area contributed by atoms with Gasteiger partial charge in [0.05, 0.1) is 19.3 Å². The van der Waals surface area contributed by atoms with Gasteiger partial charge in [-0.2, -0.15) is 0 Å². The maximum atomic E-state index is 5.85. The second kappa shape index (κ2) is 7.25. The molecule has 0 spiro atoms. The van der Waals surface area contributed by atoms with Gasteiger partial charge in [0.1, 0.15) is 0 Å². The predicted octanol–water partition coefficient (Wildman–Crippen LogP) is 2.21. The van der Waals surface area contributed by atoms with E-state index in [1.807, 2.05) is 0 Å². The number of hydrogen-bond acceptors (Lipinski definition) is 3. The maximum absolute atomic E-state index is 5.85. The first-order valence-electron chi connectivity index (χ1n) is 6.45. The molecule has 1 rings (SSSR count). The van der Waals surface area contributed by atoms with Crippen LogP contribution in [0.15, 0.2) is 0 Å². The van der Waals surface area contributed by atoms with E-state index < -0.39 is 0 Å². The third-order valence-electron chi connectivity index (χ3n) is 3.40. The molecule has 0 heterocycles. The van der Waals surface area contributed by atoms with Crippen molar-refractivity contribution in [1.29, 1.82) is 0 Å². The van der Waals surface area contributed by atoms with Crippen LogP contribution in [-0.2, 0) is 9.47 Å². The molecule has 0 saturated heterocycles. The van der Waals surface area contributed by atoms with E-state index >= 15 is 0 Å². The van der Waals surface area contributed by atoms with Crippen LogP contribution in [0, 0.1) is 5.41 Å². The van der Waals surface area contributed by atoms with Gasteiger partial charge in [-0.1, -0.05) is 13.8 Å². The molecule has 0 bridgehead atoms. The summed E-state index contributed by atoms with van der Waals surface area (Å²) in [5, 5.41) is 3.29. The minimum atomic E-state index is 0.497. The molecule has 96 valence electrons. The largest absolute Gasteiger partial charge is 0.383 e. The summed E-state index contributed by atoms with van der Waals surface area (Å²) in [7, 11) is 1.72. The van der Waals surface area contributed by atoms with Crippen molar-refractivity contribution in [3.63, 3.8) is 0 Å². The Bertz CT molecular complexity index is 173. The van der Waals surface area contributed by atoms with E-state index in [1.165, 1.54) is 25.7 Å². The molecule has 0 aromatic heterocycles. The molecule has 0 radical (unpaired) electrons. The van der Waals surface area contributed by atoms with Crippen molar-refractivity contribution < 1.29 is 9.47 Å². The van der Waals surface area contributed by atoms with Gasteiger partial charge in [-0.05, 0) is 31.1 Å². The molecular weight excluding hydrogens is 202 g/mol. The molecule has 0 amide bonds.